The Morgan fingerprint density at radius 3 is 1.83 bits per heavy atom. The average Bonchev–Trinajstić information content (AvgIpc) is 3.62. The molecule has 0 spiro atoms. The van der Waals surface area contributed by atoms with Crippen LogP contribution < -0.4 is 0 Å². The lowest BCUT2D eigenvalue weighted by Gasteiger charge is -2.19. The highest BCUT2D eigenvalue weighted by Crippen LogP contribution is 2.45. The van der Waals surface area contributed by atoms with Crippen molar-refractivity contribution in [2.75, 3.05) is 0 Å². The van der Waals surface area contributed by atoms with Gasteiger partial charge in [-0.1, -0.05) is 145 Å². The number of benzene rings is 8. The standard InChI is InChI=1S/C45H30N2/c1-4-15-31(16-5-1)33-27-28-39-40(30-33)43(32-17-6-2-7-18-32)37-23-10-11-24-38(37)44(39)34-19-14-20-35(29-34)45-46-41-25-12-13-26-42(41)47(45)36-21-8-3-9-22-36/h1-30H/i1D,3D,4D,5D,8D,9D,15D,16D,21D,22D. The monoisotopic (exact) mass is 608 g/mol. The van der Waals surface area contributed by atoms with Gasteiger partial charge in [-0.2, -0.15) is 0 Å². The van der Waals surface area contributed by atoms with E-state index in [0.29, 0.717) is 28.0 Å². The molecule has 0 aliphatic rings. The maximum Gasteiger partial charge on any atom is 0.145 e. The highest BCUT2D eigenvalue weighted by molar-refractivity contribution is 6.22. The molecule has 2 nitrogen and oxygen atoms in total. The van der Waals surface area contributed by atoms with Gasteiger partial charge in [-0.05, 0) is 91.3 Å². The maximum atomic E-state index is 8.86. The van der Waals surface area contributed by atoms with Crippen LogP contribution in [0.1, 0.15) is 13.7 Å². The lowest BCUT2D eigenvalue weighted by atomic mass is 9.84. The Bertz CT molecular complexity index is 3080. The summed E-state index contributed by atoms with van der Waals surface area (Å²) in [5, 5.41) is 3.58. The molecule has 9 rings (SSSR count). The molecule has 0 aliphatic heterocycles. The summed E-state index contributed by atoms with van der Waals surface area (Å²) < 4.78 is 86.9. The molecule has 0 saturated carbocycles. The fraction of sp³-hybridized carbons (Fsp3) is 0. The molecule has 1 aromatic heterocycles. The largest absolute Gasteiger partial charge is 0.292 e. The lowest BCUT2D eigenvalue weighted by Crippen LogP contribution is -1.97. The smallest absolute Gasteiger partial charge is 0.145 e. The molecule has 220 valence electrons. The van der Waals surface area contributed by atoms with Crippen molar-refractivity contribution < 1.29 is 13.7 Å². The first kappa shape index (κ1) is 18.7. The first-order valence-corrected chi connectivity index (χ1v) is 15.2. The zero-order chi connectivity index (χ0) is 39.9. The van der Waals surface area contributed by atoms with Crippen LogP contribution in [0.2, 0.25) is 0 Å². The molecule has 9 aromatic rings. The van der Waals surface area contributed by atoms with Crippen molar-refractivity contribution in [3.63, 3.8) is 0 Å². The van der Waals surface area contributed by atoms with Crippen LogP contribution in [0.3, 0.4) is 0 Å². The van der Waals surface area contributed by atoms with Crippen molar-refractivity contribution >= 4 is 32.6 Å². The van der Waals surface area contributed by atoms with Crippen LogP contribution in [0, 0.1) is 0 Å². The van der Waals surface area contributed by atoms with Gasteiger partial charge < -0.3 is 0 Å². The average molecular weight is 609 g/mol. The Kier molecular flexibility index (Phi) is 4.48. The minimum absolute atomic E-state index is 0.00149. The molecule has 8 aromatic carbocycles. The van der Waals surface area contributed by atoms with E-state index in [2.05, 4.69) is 12.1 Å². The van der Waals surface area contributed by atoms with E-state index in [1.165, 1.54) is 0 Å². The molecule has 0 saturated heterocycles. The Hall–Kier alpha value is -6.25. The van der Waals surface area contributed by atoms with Gasteiger partial charge in [-0.15, -0.1) is 0 Å². The van der Waals surface area contributed by atoms with Crippen LogP contribution in [-0.4, -0.2) is 9.55 Å². The Morgan fingerprint density at radius 1 is 0.426 bits per heavy atom. The number of imidazole rings is 1. The number of fused-ring (bicyclic) bond motifs is 3. The fourth-order valence-electron chi connectivity index (χ4n) is 6.57. The molecule has 0 bridgehead atoms. The summed E-state index contributed by atoms with van der Waals surface area (Å²) in [6, 6.07) is 34.9. The number of rotatable bonds is 5. The van der Waals surface area contributed by atoms with E-state index >= 15 is 0 Å². The summed E-state index contributed by atoms with van der Waals surface area (Å²) in [7, 11) is 0. The van der Waals surface area contributed by atoms with Gasteiger partial charge in [0.2, 0.25) is 0 Å². The third-order valence-electron chi connectivity index (χ3n) is 8.56. The van der Waals surface area contributed by atoms with Crippen molar-refractivity contribution in [3.05, 3.63) is 182 Å². The second-order valence-corrected chi connectivity index (χ2v) is 11.2. The van der Waals surface area contributed by atoms with Crippen LogP contribution in [0.4, 0.5) is 0 Å². The Labute approximate surface area is 287 Å². The van der Waals surface area contributed by atoms with Crippen LogP contribution in [0.5, 0.6) is 0 Å². The first-order chi connectivity index (χ1) is 27.5. The van der Waals surface area contributed by atoms with Gasteiger partial charge in [0.05, 0.1) is 24.7 Å². The molecule has 0 aliphatic carbocycles. The highest BCUT2D eigenvalue weighted by atomic mass is 15.1. The molecule has 2 heteroatoms. The zero-order valence-electron chi connectivity index (χ0n) is 34.9. The zero-order valence-corrected chi connectivity index (χ0v) is 24.9. The summed E-state index contributed by atoms with van der Waals surface area (Å²) in [5.74, 6) is 0.398. The summed E-state index contributed by atoms with van der Waals surface area (Å²) in [4.78, 5) is 4.97. The predicted octanol–water partition coefficient (Wildman–Crippen LogP) is 12.0. The fourth-order valence-corrected chi connectivity index (χ4v) is 6.57. The SMILES string of the molecule is [2H]c1c([2H])c([2H])c(-c2ccc3c(-c4cccc(-c5nc6ccccc6n5-c5c([2H])c([2H])c([2H])c([2H])c5[2H])c4)c4ccccc4c(-c4ccccc4)c3c2)c([2H])c1[2H]. The van der Waals surface area contributed by atoms with E-state index in [1.54, 1.807) is 10.6 Å². The normalized spacial score (nSPS) is 14.4. The van der Waals surface area contributed by atoms with E-state index in [-0.39, 0.29) is 35.4 Å². The van der Waals surface area contributed by atoms with Gasteiger partial charge in [0.25, 0.3) is 0 Å². The molecule has 0 atom stereocenters. The number of hydrogen-bond donors (Lipinski definition) is 0. The third-order valence-corrected chi connectivity index (χ3v) is 8.56. The second kappa shape index (κ2) is 11.3. The van der Waals surface area contributed by atoms with Crippen LogP contribution in [0.25, 0.3) is 83.0 Å². The maximum absolute atomic E-state index is 8.86. The molecule has 1 heterocycles. The Morgan fingerprint density at radius 2 is 1.04 bits per heavy atom. The van der Waals surface area contributed by atoms with Crippen molar-refractivity contribution in [2.45, 2.75) is 0 Å². The van der Waals surface area contributed by atoms with Gasteiger partial charge in [-0.25, -0.2) is 4.98 Å². The number of aromatic nitrogens is 2. The minimum atomic E-state index is -0.478. The van der Waals surface area contributed by atoms with Crippen molar-refractivity contribution in [1.29, 1.82) is 0 Å². The van der Waals surface area contributed by atoms with Crippen LogP contribution >= 0.6 is 0 Å². The predicted molar refractivity (Wildman–Crippen MR) is 198 cm³/mol. The molecule has 0 fully saturated rings. The van der Waals surface area contributed by atoms with Gasteiger partial charge in [-0.3, -0.25) is 4.57 Å². The highest BCUT2D eigenvalue weighted by Gasteiger charge is 2.19. The molecular weight excluding hydrogens is 569 g/mol. The minimum Gasteiger partial charge on any atom is -0.292 e. The van der Waals surface area contributed by atoms with Gasteiger partial charge in [0.1, 0.15) is 5.82 Å². The van der Waals surface area contributed by atoms with E-state index in [0.717, 1.165) is 43.8 Å². The summed E-state index contributed by atoms with van der Waals surface area (Å²) in [6.45, 7) is 0. The van der Waals surface area contributed by atoms with E-state index in [1.807, 2.05) is 103 Å². The van der Waals surface area contributed by atoms with Gasteiger partial charge in [0, 0.05) is 11.3 Å². The van der Waals surface area contributed by atoms with Gasteiger partial charge >= 0.3 is 0 Å². The number of para-hydroxylation sites is 3. The summed E-state index contributed by atoms with van der Waals surface area (Å²) >= 11 is 0. The second-order valence-electron chi connectivity index (χ2n) is 11.2. The molecule has 0 radical (unpaired) electrons. The molecule has 0 unspecified atom stereocenters. The van der Waals surface area contributed by atoms with E-state index < -0.39 is 36.3 Å². The quantitative estimate of drug-likeness (QED) is 0.178. The van der Waals surface area contributed by atoms with Crippen molar-refractivity contribution in [2.24, 2.45) is 0 Å². The number of nitrogens with zero attached hydrogens (tertiary/aromatic N) is 2. The molecule has 0 N–H and O–H groups in total. The first-order valence-electron chi connectivity index (χ1n) is 20.2. The van der Waals surface area contributed by atoms with Crippen LogP contribution in [-0.2, 0) is 0 Å². The third kappa shape index (κ3) is 4.62. The Balaban J connectivity index is 1.35. The number of hydrogen-bond acceptors (Lipinski definition) is 1. The van der Waals surface area contributed by atoms with Gasteiger partial charge in [0.15, 0.2) is 0 Å². The van der Waals surface area contributed by atoms with Crippen molar-refractivity contribution in [1.82, 2.24) is 9.55 Å². The molecular formula is C45H30N2. The van der Waals surface area contributed by atoms with E-state index in [9.17, 15) is 0 Å². The molecule has 47 heavy (non-hydrogen) atoms. The van der Waals surface area contributed by atoms with Crippen LogP contribution in [0.15, 0.2) is 182 Å². The van der Waals surface area contributed by atoms with Crippen molar-refractivity contribution in [3.8, 4) is 50.5 Å². The topological polar surface area (TPSA) is 17.8 Å². The summed E-state index contributed by atoms with van der Waals surface area (Å²) in [5.41, 5.74) is 6.01. The van der Waals surface area contributed by atoms with E-state index in [4.69, 9.17) is 18.7 Å². The lowest BCUT2D eigenvalue weighted by molar-refractivity contribution is 1.10. The summed E-state index contributed by atoms with van der Waals surface area (Å²) in [6.07, 6.45) is 0. The molecule has 0 amide bonds.